The summed E-state index contributed by atoms with van der Waals surface area (Å²) in [5.41, 5.74) is 3.46. The number of hydrogen-bond donors (Lipinski definition) is 2. The second kappa shape index (κ2) is 7.98. The van der Waals surface area contributed by atoms with E-state index in [0.717, 1.165) is 29.8 Å². The molecule has 1 saturated carbocycles. The summed E-state index contributed by atoms with van der Waals surface area (Å²) in [6, 6.07) is 7.59. The van der Waals surface area contributed by atoms with Crippen LogP contribution in [-0.4, -0.2) is 38.7 Å². The number of halogens is 1. The van der Waals surface area contributed by atoms with Crippen molar-refractivity contribution in [2.24, 2.45) is 0 Å². The van der Waals surface area contributed by atoms with E-state index in [0.29, 0.717) is 35.5 Å². The van der Waals surface area contributed by atoms with Gasteiger partial charge in [-0.2, -0.15) is 5.10 Å². The molecular formula is C20H21ClN6O. The molecule has 1 aromatic carbocycles. The SMILES string of the molecule is Cc1ccc(-n2ncc(C(=O)NCCNc3ncccn3)c2C2CC2)cc1Cl. The van der Waals surface area contributed by atoms with E-state index in [-0.39, 0.29) is 5.91 Å². The highest BCUT2D eigenvalue weighted by Gasteiger charge is 2.32. The lowest BCUT2D eigenvalue weighted by atomic mass is 10.1. The van der Waals surface area contributed by atoms with Crippen LogP contribution < -0.4 is 10.6 Å². The molecule has 0 aliphatic heterocycles. The van der Waals surface area contributed by atoms with Gasteiger partial charge in [-0.3, -0.25) is 4.79 Å². The quantitative estimate of drug-likeness (QED) is 0.598. The number of nitrogens with one attached hydrogen (secondary N) is 2. The molecule has 0 unspecified atom stereocenters. The third-order valence-corrected chi connectivity index (χ3v) is 5.08. The van der Waals surface area contributed by atoms with Crippen LogP contribution in [0.25, 0.3) is 5.69 Å². The Morgan fingerprint density at radius 1 is 1.25 bits per heavy atom. The van der Waals surface area contributed by atoms with Gasteiger partial charge >= 0.3 is 0 Å². The summed E-state index contributed by atoms with van der Waals surface area (Å²) in [5.74, 6) is 0.779. The second-order valence-electron chi connectivity index (χ2n) is 6.82. The number of benzene rings is 1. The third kappa shape index (κ3) is 3.99. The van der Waals surface area contributed by atoms with E-state index in [1.807, 2.05) is 29.8 Å². The van der Waals surface area contributed by atoms with Crippen molar-refractivity contribution in [3.8, 4) is 5.69 Å². The maximum absolute atomic E-state index is 12.7. The Kier molecular flexibility index (Phi) is 5.25. The van der Waals surface area contributed by atoms with Gasteiger partial charge in [0.2, 0.25) is 5.95 Å². The Labute approximate surface area is 168 Å². The molecule has 0 saturated heterocycles. The largest absolute Gasteiger partial charge is 0.352 e. The molecule has 2 aromatic heterocycles. The average Bonchev–Trinajstić information content (AvgIpc) is 3.46. The monoisotopic (exact) mass is 396 g/mol. The van der Waals surface area contributed by atoms with Crippen molar-refractivity contribution in [2.75, 3.05) is 18.4 Å². The maximum Gasteiger partial charge on any atom is 0.254 e. The predicted octanol–water partition coefficient (Wildman–Crippen LogP) is 3.34. The first-order valence-corrected chi connectivity index (χ1v) is 9.65. The van der Waals surface area contributed by atoms with Crippen molar-refractivity contribution in [1.29, 1.82) is 0 Å². The second-order valence-corrected chi connectivity index (χ2v) is 7.23. The van der Waals surface area contributed by atoms with Crippen molar-refractivity contribution in [3.05, 3.63) is 64.7 Å². The predicted molar refractivity (Wildman–Crippen MR) is 108 cm³/mol. The fraction of sp³-hybridized carbons (Fsp3) is 0.300. The minimum atomic E-state index is -0.123. The van der Waals surface area contributed by atoms with Gasteiger partial charge in [0.15, 0.2) is 0 Å². The molecule has 2 heterocycles. The Morgan fingerprint density at radius 3 is 2.75 bits per heavy atom. The number of amides is 1. The molecule has 2 N–H and O–H groups in total. The normalized spacial score (nSPS) is 13.4. The van der Waals surface area contributed by atoms with Crippen molar-refractivity contribution in [3.63, 3.8) is 0 Å². The molecule has 0 radical (unpaired) electrons. The molecule has 0 bridgehead atoms. The summed E-state index contributed by atoms with van der Waals surface area (Å²) in [7, 11) is 0. The highest BCUT2D eigenvalue weighted by atomic mass is 35.5. The van der Waals surface area contributed by atoms with Gasteiger partial charge in [-0.05, 0) is 43.5 Å². The summed E-state index contributed by atoms with van der Waals surface area (Å²) in [4.78, 5) is 20.9. The molecule has 28 heavy (non-hydrogen) atoms. The molecule has 1 amide bonds. The van der Waals surface area contributed by atoms with Gasteiger partial charge in [0, 0.05) is 36.4 Å². The van der Waals surface area contributed by atoms with Gasteiger partial charge in [-0.15, -0.1) is 0 Å². The first-order valence-electron chi connectivity index (χ1n) is 9.27. The van der Waals surface area contributed by atoms with Crippen LogP contribution in [-0.2, 0) is 0 Å². The van der Waals surface area contributed by atoms with Crippen LogP contribution in [0.1, 0.15) is 40.4 Å². The summed E-state index contributed by atoms with van der Waals surface area (Å²) in [6.45, 7) is 2.96. The van der Waals surface area contributed by atoms with Gasteiger partial charge < -0.3 is 10.6 Å². The van der Waals surface area contributed by atoms with Crippen LogP contribution in [0, 0.1) is 6.92 Å². The third-order valence-electron chi connectivity index (χ3n) is 4.67. The van der Waals surface area contributed by atoms with Crippen LogP contribution >= 0.6 is 11.6 Å². The molecular weight excluding hydrogens is 376 g/mol. The molecule has 0 atom stereocenters. The lowest BCUT2D eigenvalue weighted by Crippen LogP contribution is -2.29. The van der Waals surface area contributed by atoms with Crippen LogP contribution in [0.2, 0.25) is 5.02 Å². The molecule has 4 rings (SSSR count). The van der Waals surface area contributed by atoms with Gasteiger partial charge in [0.25, 0.3) is 5.91 Å². The number of aromatic nitrogens is 4. The van der Waals surface area contributed by atoms with E-state index in [9.17, 15) is 4.79 Å². The number of rotatable bonds is 7. The average molecular weight is 397 g/mol. The van der Waals surface area contributed by atoms with Gasteiger partial charge in [-0.25, -0.2) is 14.6 Å². The van der Waals surface area contributed by atoms with Crippen molar-refractivity contribution in [1.82, 2.24) is 25.1 Å². The molecule has 7 nitrogen and oxygen atoms in total. The fourth-order valence-corrected chi connectivity index (χ4v) is 3.21. The first kappa shape index (κ1) is 18.4. The van der Waals surface area contributed by atoms with Gasteiger partial charge in [-0.1, -0.05) is 17.7 Å². The highest BCUT2D eigenvalue weighted by molar-refractivity contribution is 6.31. The number of anilines is 1. The minimum Gasteiger partial charge on any atom is -0.352 e. The van der Waals surface area contributed by atoms with Gasteiger partial charge in [0.05, 0.1) is 23.1 Å². The van der Waals surface area contributed by atoms with Gasteiger partial charge in [0.1, 0.15) is 0 Å². The van der Waals surface area contributed by atoms with Crippen molar-refractivity contribution < 1.29 is 4.79 Å². The van der Waals surface area contributed by atoms with E-state index in [1.54, 1.807) is 24.7 Å². The standard InChI is InChI=1S/C20H21ClN6O/c1-13-3-6-15(11-17(13)21)27-18(14-4-5-14)16(12-26-27)19(28)22-9-10-25-20-23-7-2-8-24-20/h2-3,6-8,11-12,14H,4-5,9-10H2,1H3,(H,22,28)(H,23,24,25). The highest BCUT2D eigenvalue weighted by Crippen LogP contribution is 2.42. The van der Waals surface area contributed by atoms with Crippen LogP contribution in [0.15, 0.2) is 42.9 Å². The zero-order chi connectivity index (χ0) is 19.5. The summed E-state index contributed by atoms with van der Waals surface area (Å²) in [6.07, 6.45) is 7.12. The molecule has 1 aliphatic carbocycles. The maximum atomic E-state index is 12.7. The van der Waals surface area contributed by atoms with E-state index in [1.165, 1.54) is 0 Å². The van der Waals surface area contributed by atoms with Crippen molar-refractivity contribution in [2.45, 2.75) is 25.7 Å². The molecule has 144 valence electrons. The molecule has 8 heteroatoms. The summed E-state index contributed by atoms with van der Waals surface area (Å²) >= 11 is 6.28. The Morgan fingerprint density at radius 2 is 2.04 bits per heavy atom. The number of nitrogens with zero attached hydrogens (tertiary/aromatic N) is 4. The smallest absolute Gasteiger partial charge is 0.254 e. The fourth-order valence-electron chi connectivity index (χ4n) is 3.04. The molecule has 3 aromatic rings. The lowest BCUT2D eigenvalue weighted by molar-refractivity contribution is 0.0954. The zero-order valence-corrected chi connectivity index (χ0v) is 16.3. The van der Waals surface area contributed by atoms with E-state index in [4.69, 9.17) is 11.6 Å². The van der Waals surface area contributed by atoms with E-state index < -0.39 is 0 Å². The van der Waals surface area contributed by atoms with E-state index in [2.05, 4.69) is 25.7 Å². The number of carbonyl (C=O) groups is 1. The van der Waals surface area contributed by atoms with Crippen molar-refractivity contribution >= 4 is 23.5 Å². The number of carbonyl (C=O) groups excluding carboxylic acids is 1. The summed E-state index contributed by atoms with van der Waals surface area (Å²) < 4.78 is 1.84. The minimum absolute atomic E-state index is 0.123. The zero-order valence-electron chi connectivity index (χ0n) is 15.5. The van der Waals surface area contributed by atoms with Crippen LogP contribution in [0.4, 0.5) is 5.95 Å². The summed E-state index contributed by atoms with van der Waals surface area (Å²) in [5, 5.41) is 11.2. The Balaban J connectivity index is 1.46. The Bertz CT molecular complexity index is 984. The molecule has 0 spiro atoms. The molecule has 1 fully saturated rings. The van der Waals surface area contributed by atoms with Crippen LogP contribution in [0.5, 0.6) is 0 Å². The van der Waals surface area contributed by atoms with E-state index >= 15 is 0 Å². The number of hydrogen-bond acceptors (Lipinski definition) is 5. The molecule has 1 aliphatic rings. The topological polar surface area (TPSA) is 84.7 Å². The lowest BCUT2D eigenvalue weighted by Gasteiger charge is -2.11. The van der Waals surface area contributed by atoms with Crippen LogP contribution in [0.3, 0.4) is 0 Å². The first-order chi connectivity index (χ1) is 13.6. The Hall–Kier alpha value is -2.93. The number of aryl methyl sites for hydroxylation is 1.